The summed E-state index contributed by atoms with van der Waals surface area (Å²) >= 11 is 0. The number of carboxylic acid groups (broad SMARTS) is 1. The number of carboxylic acids is 1. The van der Waals surface area contributed by atoms with E-state index in [0.29, 0.717) is 5.56 Å². The van der Waals surface area contributed by atoms with Gasteiger partial charge in [-0.1, -0.05) is 30.3 Å². The lowest BCUT2D eigenvalue weighted by Crippen LogP contribution is -2.04. The van der Waals surface area contributed by atoms with Crippen LogP contribution in [0.5, 0.6) is 0 Å². The third-order valence-electron chi connectivity index (χ3n) is 1.49. The van der Waals surface area contributed by atoms with Crippen molar-refractivity contribution in [2.45, 2.75) is 0 Å². The molecule has 0 spiro atoms. The van der Waals surface area contributed by atoms with Crippen LogP contribution in [0.3, 0.4) is 0 Å². The van der Waals surface area contributed by atoms with E-state index in [1.807, 2.05) is 0 Å². The minimum atomic E-state index is -1.05. The van der Waals surface area contributed by atoms with Crippen molar-refractivity contribution in [2.75, 3.05) is 6.54 Å². The van der Waals surface area contributed by atoms with Gasteiger partial charge >= 0.3 is 5.97 Å². The van der Waals surface area contributed by atoms with Crippen LogP contribution in [-0.4, -0.2) is 29.6 Å². The fourth-order valence-corrected chi connectivity index (χ4v) is 0.884. The van der Waals surface area contributed by atoms with E-state index in [2.05, 4.69) is 4.99 Å². The van der Waals surface area contributed by atoms with Crippen molar-refractivity contribution in [3.8, 4) is 0 Å². The number of benzene rings is 1. The summed E-state index contributed by atoms with van der Waals surface area (Å²) in [6.07, 6.45) is 1.03. The summed E-state index contributed by atoms with van der Waals surface area (Å²) < 4.78 is 0. The van der Waals surface area contributed by atoms with Crippen LogP contribution in [0.25, 0.3) is 0 Å². The summed E-state index contributed by atoms with van der Waals surface area (Å²) in [7, 11) is 0. The highest BCUT2D eigenvalue weighted by atomic mass is 16.4. The van der Waals surface area contributed by atoms with Crippen molar-refractivity contribution in [2.24, 2.45) is 4.99 Å². The van der Waals surface area contributed by atoms with E-state index in [1.54, 1.807) is 30.3 Å². The minimum absolute atomic E-state index is 0.285. The molecule has 0 fully saturated rings. The molecule has 0 bridgehead atoms. The highest BCUT2D eigenvalue weighted by Gasteiger charge is 2.00. The van der Waals surface area contributed by atoms with Gasteiger partial charge in [-0.15, -0.1) is 0 Å². The number of ketones is 1. The molecule has 0 aliphatic heterocycles. The maximum atomic E-state index is 11.3. The zero-order valence-corrected chi connectivity index (χ0v) is 7.38. The zero-order valence-electron chi connectivity index (χ0n) is 7.38. The Morgan fingerprint density at radius 1 is 1.29 bits per heavy atom. The molecule has 14 heavy (non-hydrogen) atoms. The lowest BCUT2D eigenvalue weighted by atomic mass is 10.1. The van der Waals surface area contributed by atoms with Gasteiger partial charge in [-0.3, -0.25) is 14.6 Å². The number of rotatable bonds is 4. The Morgan fingerprint density at radius 2 is 1.93 bits per heavy atom. The summed E-state index contributed by atoms with van der Waals surface area (Å²) in [5.41, 5.74) is 0.502. The Morgan fingerprint density at radius 3 is 2.50 bits per heavy atom. The van der Waals surface area contributed by atoms with E-state index in [1.165, 1.54) is 0 Å². The first kappa shape index (κ1) is 10.1. The van der Waals surface area contributed by atoms with E-state index < -0.39 is 5.97 Å². The molecule has 0 saturated heterocycles. The molecule has 1 aromatic rings. The molecule has 0 aliphatic rings. The van der Waals surface area contributed by atoms with Crippen LogP contribution >= 0.6 is 0 Å². The number of aliphatic carboxylic acids is 1. The third-order valence-corrected chi connectivity index (χ3v) is 1.49. The number of aliphatic imine (C=N–C) groups is 1. The van der Waals surface area contributed by atoms with Crippen molar-refractivity contribution in [1.82, 2.24) is 0 Å². The van der Waals surface area contributed by atoms with Gasteiger partial charge < -0.3 is 5.11 Å². The molecule has 0 aliphatic carbocycles. The van der Waals surface area contributed by atoms with Crippen LogP contribution < -0.4 is 0 Å². The molecule has 1 aromatic carbocycles. The van der Waals surface area contributed by atoms with Crippen molar-refractivity contribution >= 4 is 18.0 Å². The molecule has 0 unspecified atom stereocenters. The Hall–Kier alpha value is -1.97. The van der Waals surface area contributed by atoms with Crippen LogP contribution in [0.1, 0.15) is 10.4 Å². The van der Waals surface area contributed by atoms with Gasteiger partial charge in [-0.25, -0.2) is 0 Å². The number of nitrogens with zero attached hydrogens (tertiary/aromatic N) is 1. The van der Waals surface area contributed by atoms with E-state index >= 15 is 0 Å². The Labute approximate surface area is 80.9 Å². The first-order chi connectivity index (χ1) is 6.70. The Bertz CT molecular complexity index is 357. The van der Waals surface area contributed by atoms with Gasteiger partial charge in [0, 0.05) is 5.56 Å². The summed E-state index contributed by atoms with van der Waals surface area (Å²) in [5, 5.41) is 8.27. The van der Waals surface area contributed by atoms with E-state index in [9.17, 15) is 9.59 Å². The standard InChI is InChI=1S/C10H9NO3/c12-9(6-11-7-10(13)14)8-4-2-1-3-5-8/h1-6H,7H2,(H,13,14). The largest absolute Gasteiger partial charge is 0.480 e. The van der Waals surface area contributed by atoms with E-state index in [-0.39, 0.29) is 12.3 Å². The molecule has 72 valence electrons. The lowest BCUT2D eigenvalue weighted by Gasteiger charge is -1.92. The van der Waals surface area contributed by atoms with E-state index in [0.717, 1.165) is 6.21 Å². The average molecular weight is 191 g/mol. The summed E-state index contributed by atoms with van der Waals surface area (Å²) in [6.45, 7) is -0.376. The van der Waals surface area contributed by atoms with Crippen molar-refractivity contribution in [3.05, 3.63) is 35.9 Å². The molecule has 1 rings (SSSR count). The molecule has 0 aromatic heterocycles. The van der Waals surface area contributed by atoms with Crippen molar-refractivity contribution in [1.29, 1.82) is 0 Å². The molecule has 0 atom stereocenters. The normalized spacial score (nSPS) is 10.3. The number of Topliss-reactive ketones (excluding diaryl/α,β-unsaturated/α-hetero) is 1. The molecule has 4 nitrogen and oxygen atoms in total. The monoisotopic (exact) mass is 191 g/mol. The molecule has 0 amide bonds. The van der Waals surface area contributed by atoms with Crippen LogP contribution in [0.15, 0.2) is 35.3 Å². The summed E-state index contributed by atoms with van der Waals surface area (Å²) in [5.74, 6) is -1.34. The van der Waals surface area contributed by atoms with Gasteiger partial charge in [0.15, 0.2) is 0 Å². The van der Waals surface area contributed by atoms with Crippen molar-refractivity contribution < 1.29 is 14.7 Å². The maximum absolute atomic E-state index is 11.3. The number of carbonyl (C=O) groups is 2. The quantitative estimate of drug-likeness (QED) is 0.570. The topological polar surface area (TPSA) is 66.7 Å². The second kappa shape index (κ2) is 4.91. The molecular formula is C10H9NO3. The van der Waals surface area contributed by atoms with E-state index in [4.69, 9.17) is 5.11 Å². The van der Waals surface area contributed by atoms with Gasteiger partial charge in [0.05, 0.1) is 6.21 Å². The van der Waals surface area contributed by atoms with Crippen LogP contribution in [0.4, 0.5) is 0 Å². The van der Waals surface area contributed by atoms with Gasteiger partial charge in [-0.2, -0.15) is 0 Å². The first-order valence-corrected chi connectivity index (χ1v) is 4.01. The zero-order chi connectivity index (χ0) is 10.4. The van der Waals surface area contributed by atoms with Gasteiger partial charge in [0.25, 0.3) is 0 Å². The lowest BCUT2D eigenvalue weighted by molar-refractivity contribution is -0.135. The first-order valence-electron chi connectivity index (χ1n) is 4.01. The predicted octanol–water partition coefficient (Wildman–Crippen LogP) is 1.02. The van der Waals surface area contributed by atoms with Crippen LogP contribution in [0, 0.1) is 0 Å². The number of carbonyl (C=O) groups excluding carboxylic acids is 1. The second-order valence-electron chi connectivity index (χ2n) is 2.59. The van der Waals surface area contributed by atoms with Crippen molar-refractivity contribution in [3.63, 3.8) is 0 Å². The van der Waals surface area contributed by atoms with Gasteiger partial charge in [-0.05, 0) is 0 Å². The van der Waals surface area contributed by atoms with Crippen LogP contribution in [0.2, 0.25) is 0 Å². The summed E-state index contributed by atoms with van der Waals surface area (Å²) in [4.78, 5) is 24.8. The number of hydrogen-bond donors (Lipinski definition) is 1. The highest BCUT2D eigenvalue weighted by molar-refractivity contribution is 6.35. The molecule has 1 N–H and O–H groups in total. The van der Waals surface area contributed by atoms with Gasteiger partial charge in [0.2, 0.25) is 5.78 Å². The fraction of sp³-hybridized carbons (Fsp3) is 0.100. The Kier molecular flexibility index (Phi) is 3.55. The summed E-state index contributed by atoms with van der Waals surface area (Å²) in [6, 6.07) is 8.56. The fourth-order valence-electron chi connectivity index (χ4n) is 0.884. The minimum Gasteiger partial charge on any atom is -0.480 e. The average Bonchev–Trinajstić information content (AvgIpc) is 2.18. The highest BCUT2D eigenvalue weighted by Crippen LogP contribution is 1.97. The van der Waals surface area contributed by atoms with Crippen LogP contribution in [-0.2, 0) is 4.79 Å². The Balaban J connectivity index is 2.59. The van der Waals surface area contributed by atoms with Gasteiger partial charge in [0.1, 0.15) is 6.54 Å². The smallest absolute Gasteiger partial charge is 0.325 e. The third kappa shape index (κ3) is 3.18. The second-order valence-corrected chi connectivity index (χ2v) is 2.59. The molecule has 0 heterocycles. The molecule has 4 heteroatoms. The predicted molar refractivity (Wildman–Crippen MR) is 51.8 cm³/mol. The molecule has 0 saturated carbocycles. The number of hydrogen-bond acceptors (Lipinski definition) is 3. The SMILES string of the molecule is O=C(O)CN=CC(=O)c1ccccc1. The maximum Gasteiger partial charge on any atom is 0.325 e. The molecule has 0 radical (unpaired) electrons. The molecular weight excluding hydrogens is 182 g/mol.